The molecule has 0 saturated carbocycles. The average Bonchev–Trinajstić information content (AvgIpc) is 3.17. The summed E-state index contributed by atoms with van der Waals surface area (Å²) in [6.45, 7) is 1.89. The molecule has 1 heterocycles. The summed E-state index contributed by atoms with van der Waals surface area (Å²) in [5, 5.41) is 5.12. The van der Waals surface area contributed by atoms with Gasteiger partial charge in [0.05, 0.1) is 12.9 Å². The SMILES string of the molecule is CCCS(=O)(=O)N1CCCC1C(=O)Nc1ccc(C(=O)NCC(=O)OC)cc1. The van der Waals surface area contributed by atoms with Crippen LogP contribution >= 0.6 is 0 Å². The number of ether oxygens (including phenoxy) is 1. The first-order chi connectivity index (χ1) is 13.3. The molecule has 10 heteroatoms. The zero-order valence-electron chi connectivity index (χ0n) is 15.9. The van der Waals surface area contributed by atoms with Crippen LogP contribution in [0.2, 0.25) is 0 Å². The topological polar surface area (TPSA) is 122 Å². The quantitative estimate of drug-likeness (QED) is 0.608. The number of nitrogens with zero attached hydrogens (tertiary/aromatic N) is 1. The molecule has 2 amide bonds. The molecule has 1 aliphatic rings. The van der Waals surface area contributed by atoms with Crippen LogP contribution in [-0.4, -0.2) is 62.5 Å². The van der Waals surface area contributed by atoms with Gasteiger partial charge in [-0.1, -0.05) is 6.92 Å². The number of anilines is 1. The van der Waals surface area contributed by atoms with Crippen molar-refractivity contribution in [2.45, 2.75) is 32.2 Å². The van der Waals surface area contributed by atoms with Gasteiger partial charge in [0.2, 0.25) is 15.9 Å². The van der Waals surface area contributed by atoms with Crippen LogP contribution in [0.4, 0.5) is 5.69 Å². The van der Waals surface area contributed by atoms with Crippen molar-refractivity contribution in [3.63, 3.8) is 0 Å². The molecule has 0 aromatic heterocycles. The maximum absolute atomic E-state index is 12.6. The molecular weight excluding hydrogens is 386 g/mol. The van der Waals surface area contributed by atoms with E-state index in [4.69, 9.17) is 0 Å². The standard InChI is InChI=1S/C18H25N3O6S/c1-3-11-28(25,26)21-10-4-5-15(21)18(24)20-14-8-6-13(7-9-14)17(23)19-12-16(22)27-2/h6-9,15H,3-5,10-12H2,1-2H3,(H,19,23)(H,20,24). The van der Waals surface area contributed by atoms with Crippen LogP contribution in [0, 0.1) is 0 Å². The Balaban J connectivity index is 1.98. The number of nitrogens with one attached hydrogen (secondary N) is 2. The lowest BCUT2D eigenvalue weighted by molar-refractivity contribution is -0.139. The minimum atomic E-state index is -3.45. The Kier molecular flexibility index (Phi) is 7.53. The molecule has 1 fully saturated rings. The molecule has 1 aliphatic heterocycles. The van der Waals surface area contributed by atoms with E-state index in [0.717, 1.165) is 0 Å². The molecule has 1 aromatic carbocycles. The van der Waals surface area contributed by atoms with Gasteiger partial charge in [0, 0.05) is 17.8 Å². The highest BCUT2D eigenvalue weighted by molar-refractivity contribution is 7.89. The van der Waals surface area contributed by atoms with E-state index in [-0.39, 0.29) is 18.2 Å². The Bertz CT molecular complexity index is 822. The molecule has 28 heavy (non-hydrogen) atoms. The minimum absolute atomic E-state index is 0.0200. The first kappa shape index (κ1) is 21.8. The lowest BCUT2D eigenvalue weighted by atomic mass is 10.1. The molecule has 2 rings (SSSR count). The summed E-state index contributed by atoms with van der Waals surface area (Å²) in [6, 6.07) is 5.38. The number of carbonyl (C=O) groups is 3. The van der Waals surface area contributed by atoms with Crippen LogP contribution in [0.3, 0.4) is 0 Å². The molecule has 2 N–H and O–H groups in total. The molecule has 1 saturated heterocycles. The summed E-state index contributed by atoms with van der Waals surface area (Å²) >= 11 is 0. The van der Waals surface area contributed by atoms with Crippen molar-refractivity contribution >= 4 is 33.5 Å². The third-order valence-corrected chi connectivity index (χ3v) is 6.44. The van der Waals surface area contributed by atoms with Gasteiger partial charge in [-0.25, -0.2) is 8.42 Å². The lowest BCUT2D eigenvalue weighted by Gasteiger charge is -2.23. The summed E-state index contributed by atoms with van der Waals surface area (Å²) in [4.78, 5) is 35.6. The second-order valence-electron chi connectivity index (χ2n) is 6.41. The van der Waals surface area contributed by atoms with Crippen molar-refractivity contribution in [2.75, 3.05) is 31.3 Å². The first-order valence-electron chi connectivity index (χ1n) is 9.04. The molecule has 0 radical (unpaired) electrons. The van der Waals surface area contributed by atoms with Crippen LogP contribution in [0.1, 0.15) is 36.5 Å². The van der Waals surface area contributed by atoms with Gasteiger partial charge in [0.1, 0.15) is 12.6 Å². The van der Waals surface area contributed by atoms with E-state index < -0.39 is 27.9 Å². The van der Waals surface area contributed by atoms with E-state index in [0.29, 0.717) is 37.1 Å². The second-order valence-corrected chi connectivity index (χ2v) is 8.45. The fourth-order valence-corrected chi connectivity index (χ4v) is 4.71. The van der Waals surface area contributed by atoms with Gasteiger partial charge in [0.25, 0.3) is 5.91 Å². The predicted octanol–water partition coefficient (Wildman–Crippen LogP) is 0.732. The number of methoxy groups -OCH3 is 1. The van der Waals surface area contributed by atoms with Gasteiger partial charge >= 0.3 is 5.97 Å². The third-order valence-electron chi connectivity index (χ3n) is 4.36. The molecule has 1 atom stereocenters. The number of carbonyl (C=O) groups excluding carboxylic acids is 3. The van der Waals surface area contributed by atoms with E-state index in [2.05, 4.69) is 15.4 Å². The monoisotopic (exact) mass is 411 g/mol. The average molecular weight is 411 g/mol. The van der Waals surface area contributed by atoms with Crippen LogP contribution < -0.4 is 10.6 Å². The number of sulfonamides is 1. The van der Waals surface area contributed by atoms with Gasteiger partial charge in [-0.2, -0.15) is 4.31 Å². The molecule has 0 spiro atoms. The number of benzene rings is 1. The van der Waals surface area contributed by atoms with Crippen molar-refractivity contribution in [1.29, 1.82) is 0 Å². The highest BCUT2D eigenvalue weighted by Gasteiger charge is 2.38. The highest BCUT2D eigenvalue weighted by atomic mass is 32.2. The minimum Gasteiger partial charge on any atom is -0.468 e. The van der Waals surface area contributed by atoms with Crippen LogP contribution in [0.5, 0.6) is 0 Å². The Labute approximate surface area is 164 Å². The Morgan fingerprint density at radius 2 is 1.89 bits per heavy atom. The van der Waals surface area contributed by atoms with Crippen molar-refractivity contribution in [1.82, 2.24) is 9.62 Å². The second kappa shape index (κ2) is 9.65. The Morgan fingerprint density at radius 3 is 2.50 bits per heavy atom. The highest BCUT2D eigenvalue weighted by Crippen LogP contribution is 2.23. The van der Waals surface area contributed by atoms with Gasteiger partial charge in [0.15, 0.2) is 0 Å². The number of rotatable bonds is 8. The molecule has 0 aliphatic carbocycles. The first-order valence-corrected chi connectivity index (χ1v) is 10.6. The van der Waals surface area contributed by atoms with Gasteiger partial charge in [-0.3, -0.25) is 14.4 Å². The number of amides is 2. The molecule has 1 unspecified atom stereocenters. The van der Waals surface area contributed by atoms with Gasteiger partial charge in [-0.05, 0) is 43.5 Å². The largest absolute Gasteiger partial charge is 0.468 e. The fourth-order valence-electron chi connectivity index (χ4n) is 2.97. The van der Waals surface area contributed by atoms with Crippen molar-refractivity contribution < 1.29 is 27.5 Å². The molecule has 0 bridgehead atoms. The molecule has 9 nitrogen and oxygen atoms in total. The summed E-state index contributed by atoms with van der Waals surface area (Å²) in [6.07, 6.45) is 1.61. The smallest absolute Gasteiger partial charge is 0.325 e. The molecule has 1 aromatic rings. The van der Waals surface area contributed by atoms with Crippen LogP contribution in [0.15, 0.2) is 24.3 Å². The predicted molar refractivity (Wildman–Crippen MR) is 103 cm³/mol. The lowest BCUT2D eigenvalue weighted by Crippen LogP contribution is -2.44. The van der Waals surface area contributed by atoms with E-state index in [9.17, 15) is 22.8 Å². The van der Waals surface area contributed by atoms with Crippen molar-refractivity contribution in [3.05, 3.63) is 29.8 Å². The van der Waals surface area contributed by atoms with Crippen molar-refractivity contribution in [2.24, 2.45) is 0 Å². The summed E-state index contributed by atoms with van der Waals surface area (Å²) < 4.78 is 30.4. The van der Waals surface area contributed by atoms with Gasteiger partial charge in [-0.15, -0.1) is 0 Å². The third kappa shape index (κ3) is 5.52. The van der Waals surface area contributed by atoms with Crippen LogP contribution in [0.25, 0.3) is 0 Å². The van der Waals surface area contributed by atoms with Crippen LogP contribution in [-0.2, 0) is 24.3 Å². The zero-order chi connectivity index (χ0) is 20.7. The summed E-state index contributed by atoms with van der Waals surface area (Å²) in [5.74, 6) is -1.38. The maximum atomic E-state index is 12.6. The maximum Gasteiger partial charge on any atom is 0.325 e. The molecular formula is C18H25N3O6S. The summed E-state index contributed by atoms with van der Waals surface area (Å²) in [5.41, 5.74) is 0.768. The van der Waals surface area contributed by atoms with E-state index in [1.807, 2.05) is 0 Å². The van der Waals surface area contributed by atoms with E-state index in [1.54, 1.807) is 19.1 Å². The van der Waals surface area contributed by atoms with Crippen molar-refractivity contribution in [3.8, 4) is 0 Å². The Morgan fingerprint density at radius 1 is 1.21 bits per heavy atom. The fraction of sp³-hybridized carbons (Fsp3) is 0.500. The zero-order valence-corrected chi connectivity index (χ0v) is 16.8. The normalized spacial score (nSPS) is 17.1. The van der Waals surface area contributed by atoms with E-state index >= 15 is 0 Å². The number of hydrogen-bond donors (Lipinski definition) is 2. The van der Waals surface area contributed by atoms with Gasteiger partial charge < -0.3 is 15.4 Å². The Hall–Kier alpha value is -2.46. The molecule has 154 valence electrons. The number of hydrogen-bond acceptors (Lipinski definition) is 6. The number of esters is 1. The van der Waals surface area contributed by atoms with E-state index in [1.165, 1.54) is 23.5 Å². The summed E-state index contributed by atoms with van der Waals surface area (Å²) in [7, 11) is -2.22.